The van der Waals surface area contributed by atoms with E-state index >= 15 is 0 Å². The summed E-state index contributed by atoms with van der Waals surface area (Å²) < 4.78 is 7.14. The second kappa shape index (κ2) is 9.15. The number of aromatic nitrogens is 3. The van der Waals surface area contributed by atoms with Crippen molar-refractivity contribution in [2.24, 2.45) is 0 Å². The Morgan fingerprint density at radius 3 is 2.44 bits per heavy atom. The van der Waals surface area contributed by atoms with E-state index < -0.39 is 18.0 Å². The van der Waals surface area contributed by atoms with Crippen LogP contribution in [0.15, 0.2) is 66.0 Å². The standard InChI is InChI=1S/C24H22N4O3S/c1-15-13-16(2)28(27-15)20-11-9-19(10-12-20)23(30)31-17(3)22(29)26-24-25-21(14-32-24)18-7-5-4-6-8-18/h4-14,17H,1-3H3,(H,25,26,29)/t17-/m0/s1. The largest absolute Gasteiger partial charge is 0.449 e. The van der Waals surface area contributed by atoms with Crippen LogP contribution in [0.3, 0.4) is 0 Å². The van der Waals surface area contributed by atoms with Crippen molar-refractivity contribution in [3.63, 3.8) is 0 Å². The normalized spacial score (nSPS) is 11.7. The van der Waals surface area contributed by atoms with Crippen molar-refractivity contribution < 1.29 is 14.3 Å². The number of rotatable bonds is 6. The van der Waals surface area contributed by atoms with Crippen molar-refractivity contribution in [2.75, 3.05) is 5.32 Å². The van der Waals surface area contributed by atoms with E-state index in [9.17, 15) is 9.59 Å². The Morgan fingerprint density at radius 1 is 1.06 bits per heavy atom. The number of nitrogens with one attached hydrogen (secondary N) is 1. The lowest BCUT2D eigenvalue weighted by atomic mass is 10.2. The molecule has 1 N–H and O–H groups in total. The Labute approximate surface area is 189 Å². The number of nitrogens with zero attached hydrogens (tertiary/aromatic N) is 3. The number of ether oxygens (including phenoxy) is 1. The van der Waals surface area contributed by atoms with Crippen molar-refractivity contribution >= 4 is 28.3 Å². The number of esters is 1. The molecule has 2 heterocycles. The van der Waals surface area contributed by atoms with Gasteiger partial charge in [-0.15, -0.1) is 11.3 Å². The third-order valence-corrected chi connectivity index (χ3v) is 5.57. The van der Waals surface area contributed by atoms with Gasteiger partial charge in [0.1, 0.15) is 0 Å². The Morgan fingerprint density at radius 2 is 1.78 bits per heavy atom. The fourth-order valence-corrected chi connectivity index (χ4v) is 3.91. The average Bonchev–Trinajstić information content (AvgIpc) is 3.40. The summed E-state index contributed by atoms with van der Waals surface area (Å²) in [6.07, 6.45) is -0.970. The van der Waals surface area contributed by atoms with Crippen molar-refractivity contribution in [2.45, 2.75) is 26.9 Å². The molecule has 0 unspecified atom stereocenters. The number of amides is 1. The maximum Gasteiger partial charge on any atom is 0.338 e. The van der Waals surface area contributed by atoms with Crippen LogP contribution in [0.2, 0.25) is 0 Å². The molecule has 1 amide bonds. The zero-order valence-corrected chi connectivity index (χ0v) is 18.7. The van der Waals surface area contributed by atoms with Gasteiger partial charge < -0.3 is 4.74 Å². The molecule has 4 aromatic rings. The fraction of sp³-hybridized carbons (Fsp3) is 0.167. The lowest BCUT2D eigenvalue weighted by Crippen LogP contribution is -2.30. The van der Waals surface area contributed by atoms with Crippen LogP contribution in [-0.4, -0.2) is 32.7 Å². The first-order valence-electron chi connectivity index (χ1n) is 10.1. The summed E-state index contributed by atoms with van der Waals surface area (Å²) in [6, 6.07) is 18.6. The first-order chi connectivity index (χ1) is 15.4. The Balaban J connectivity index is 1.36. The Kier molecular flexibility index (Phi) is 6.13. The number of carbonyl (C=O) groups excluding carboxylic acids is 2. The molecule has 0 aliphatic carbocycles. The van der Waals surface area contributed by atoms with E-state index in [1.165, 1.54) is 18.3 Å². The monoisotopic (exact) mass is 446 g/mol. The average molecular weight is 447 g/mol. The van der Waals surface area contributed by atoms with E-state index in [2.05, 4.69) is 15.4 Å². The molecule has 0 bridgehead atoms. The molecule has 162 valence electrons. The van der Waals surface area contributed by atoms with Gasteiger partial charge in [-0.1, -0.05) is 30.3 Å². The molecular formula is C24H22N4O3S. The van der Waals surface area contributed by atoms with Gasteiger partial charge in [-0.05, 0) is 51.1 Å². The highest BCUT2D eigenvalue weighted by molar-refractivity contribution is 7.14. The molecule has 0 aliphatic rings. The van der Waals surface area contributed by atoms with E-state index in [1.807, 2.05) is 55.6 Å². The van der Waals surface area contributed by atoms with Crippen LogP contribution < -0.4 is 5.32 Å². The molecule has 8 heteroatoms. The SMILES string of the molecule is Cc1cc(C)n(-c2ccc(C(=O)O[C@@H](C)C(=O)Nc3nc(-c4ccccc4)cs3)cc2)n1. The number of anilines is 1. The van der Waals surface area contributed by atoms with E-state index in [1.54, 1.807) is 28.9 Å². The zero-order valence-electron chi connectivity index (χ0n) is 17.9. The minimum absolute atomic E-state index is 0.357. The molecular weight excluding hydrogens is 424 g/mol. The van der Waals surface area contributed by atoms with Crippen LogP contribution in [0.1, 0.15) is 28.7 Å². The Hall–Kier alpha value is -3.78. The van der Waals surface area contributed by atoms with Crippen LogP contribution in [0.4, 0.5) is 5.13 Å². The van der Waals surface area contributed by atoms with Crippen molar-refractivity contribution in [3.8, 4) is 16.9 Å². The number of thiazole rings is 1. The van der Waals surface area contributed by atoms with Crippen LogP contribution in [0, 0.1) is 13.8 Å². The molecule has 0 spiro atoms. The second-order valence-electron chi connectivity index (χ2n) is 7.33. The first kappa shape index (κ1) is 21.5. The highest BCUT2D eigenvalue weighted by Crippen LogP contribution is 2.24. The van der Waals surface area contributed by atoms with Crippen LogP contribution in [0.5, 0.6) is 0 Å². The molecule has 0 aliphatic heterocycles. The zero-order chi connectivity index (χ0) is 22.7. The van der Waals surface area contributed by atoms with Crippen LogP contribution in [-0.2, 0) is 9.53 Å². The van der Waals surface area contributed by atoms with Gasteiger partial charge in [0.05, 0.1) is 22.6 Å². The highest BCUT2D eigenvalue weighted by Gasteiger charge is 2.20. The fourth-order valence-electron chi connectivity index (χ4n) is 3.19. The Bertz CT molecular complexity index is 1250. The van der Waals surface area contributed by atoms with Gasteiger partial charge in [0.15, 0.2) is 11.2 Å². The summed E-state index contributed by atoms with van der Waals surface area (Å²) in [4.78, 5) is 29.4. The topological polar surface area (TPSA) is 86.1 Å². The van der Waals surface area contributed by atoms with Gasteiger partial charge >= 0.3 is 5.97 Å². The van der Waals surface area contributed by atoms with E-state index in [0.717, 1.165) is 28.3 Å². The summed E-state index contributed by atoms with van der Waals surface area (Å²) in [7, 11) is 0. The number of hydrogen-bond donors (Lipinski definition) is 1. The molecule has 0 radical (unpaired) electrons. The molecule has 32 heavy (non-hydrogen) atoms. The number of benzene rings is 2. The second-order valence-corrected chi connectivity index (χ2v) is 8.18. The number of aryl methyl sites for hydroxylation is 2. The van der Waals surface area contributed by atoms with Crippen molar-refractivity contribution in [1.29, 1.82) is 0 Å². The van der Waals surface area contributed by atoms with Crippen LogP contribution in [0.25, 0.3) is 16.9 Å². The smallest absolute Gasteiger partial charge is 0.338 e. The number of carbonyl (C=O) groups is 2. The minimum Gasteiger partial charge on any atom is -0.449 e. The molecule has 0 saturated heterocycles. The van der Waals surface area contributed by atoms with Gasteiger partial charge in [-0.3, -0.25) is 10.1 Å². The summed E-state index contributed by atoms with van der Waals surface area (Å²) in [5.41, 5.74) is 4.86. The minimum atomic E-state index is -0.970. The lowest BCUT2D eigenvalue weighted by molar-refractivity contribution is -0.123. The third kappa shape index (κ3) is 4.76. The lowest BCUT2D eigenvalue weighted by Gasteiger charge is -2.12. The molecule has 2 aromatic heterocycles. The van der Waals surface area contributed by atoms with Gasteiger partial charge in [-0.2, -0.15) is 5.10 Å². The van der Waals surface area contributed by atoms with Crippen molar-refractivity contribution in [1.82, 2.24) is 14.8 Å². The maximum atomic E-state index is 12.5. The maximum absolute atomic E-state index is 12.5. The van der Waals surface area contributed by atoms with E-state index in [4.69, 9.17) is 4.74 Å². The molecule has 4 rings (SSSR count). The third-order valence-electron chi connectivity index (χ3n) is 4.81. The summed E-state index contributed by atoms with van der Waals surface area (Å²) in [5, 5.41) is 9.45. The van der Waals surface area contributed by atoms with Crippen LogP contribution >= 0.6 is 11.3 Å². The van der Waals surface area contributed by atoms with E-state index in [-0.39, 0.29) is 0 Å². The summed E-state index contributed by atoms with van der Waals surface area (Å²) >= 11 is 1.32. The van der Waals surface area contributed by atoms with E-state index in [0.29, 0.717) is 10.7 Å². The highest BCUT2D eigenvalue weighted by atomic mass is 32.1. The molecule has 1 atom stereocenters. The van der Waals surface area contributed by atoms with Gasteiger partial charge in [0.2, 0.25) is 0 Å². The molecule has 2 aromatic carbocycles. The van der Waals surface area contributed by atoms with Gasteiger partial charge in [0.25, 0.3) is 5.91 Å². The molecule has 7 nitrogen and oxygen atoms in total. The van der Waals surface area contributed by atoms with Gasteiger partial charge in [0, 0.05) is 16.6 Å². The predicted molar refractivity (Wildman–Crippen MR) is 124 cm³/mol. The summed E-state index contributed by atoms with van der Waals surface area (Å²) in [6.45, 7) is 5.42. The number of hydrogen-bond acceptors (Lipinski definition) is 6. The van der Waals surface area contributed by atoms with Crippen molar-refractivity contribution in [3.05, 3.63) is 83.0 Å². The summed E-state index contributed by atoms with van der Waals surface area (Å²) in [5.74, 6) is -1.01. The quantitative estimate of drug-likeness (QED) is 0.430. The first-order valence-corrected chi connectivity index (χ1v) is 10.9. The van der Waals surface area contributed by atoms with Gasteiger partial charge in [-0.25, -0.2) is 14.5 Å². The molecule has 0 fully saturated rings. The predicted octanol–water partition coefficient (Wildman–Crippen LogP) is 4.80. The molecule has 0 saturated carbocycles.